The van der Waals surface area contributed by atoms with Crippen molar-refractivity contribution in [1.82, 2.24) is 5.01 Å². The molecule has 0 amide bonds. The van der Waals surface area contributed by atoms with E-state index in [-0.39, 0.29) is 0 Å². The van der Waals surface area contributed by atoms with Crippen molar-refractivity contribution in [1.29, 1.82) is 0 Å². The molecule has 0 aromatic heterocycles. The molecule has 0 aromatic rings. The second-order valence-corrected chi connectivity index (χ2v) is 4.75. The Bertz CT molecular complexity index is 154. The molecule has 0 bridgehead atoms. The molecule has 2 N–H and O–H groups in total. The fourth-order valence-corrected chi connectivity index (χ4v) is 3.05. The van der Waals surface area contributed by atoms with E-state index in [9.17, 15) is 0 Å². The minimum atomic E-state index is 0. The first kappa shape index (κ1) is 10.0. The van der Waals surface area contributed by atoms with Gasteiger partial charge in [0, 0.05) is 6.54 Å². The average molecular weight is 429 g/mol. The van der Waals surface area contributed by atoms with Crippen LogP contribution in [0.25, 0.3) is 0 Å². The van der Waals surface area contributed by atoms with Crippen LogP contribution in [0.15, 0.2) is 0 Å². The summed E-state index contributed by atoms with van der Waals surface area (Å²) in [6.45, 7) is 4.39. The van der Waals surface area contributed by atoms with Gasteiger partial charge in [0.15, 0.2) is 0 Å². The van der Waals surface area contributed by atoms with Crippen molar-refractivity contribution in [2.75, 3.05) is 13.1 Å². The number of hydrazine groups is 1. The first-order valence-corrected chi connectivity index (χ1v) is 5.01. The number of hydrogen-bond donors (Lipinski definition) is 1. The monoisotopic (exact) mass is 429 g/mol. The number of hydrogen-bond acceptors (Lipinski definition) is 2. The molecule has 1 aliphatic heterocycles. The maximum atomic E-state index is 5.89. The summed E-state index contributed by atoms with van der Waals surface area (Å²) in [4.78, 5) is 0. The van der Waals surface area contributed by atoms with Gasteiger partial charge in [0.25, 0.3) is 0 Å². The van der Waals surface area contributed by atoms with Crippen molar-refractivity contribution in [3.8, 4) is 0 Å². The first-order chi connectivity index (χ1) is 5.70. The third-order valence-electron chi connectivity index (χ3n) is 3.35. The van der Waals surface area contributed by atoms with E-state index >= 15 is 0 Å². The predicted octanol–water partition coefficient (Wildman–Crippen LogP) is 1.72. The summed E-state index contributed by atoms with van der Waals surface area (Å²) >= 11 is 0. The molecule has 2 nitrogen and oxygen atoms in total. The second-order valence-electron chi connectivity index (χ2n) is 4.75. The van der Waals surface area contributed by atoms with Crippen LogP contribution in [0.2, 0.25) is 0 Å². The quantitative estimate of drug-likeness (QED) is 0.470. The fraction of sp³-hybridized carbons (Fsp3) is 0.900. The van der Waals surface area contributed by atoms with Crippen LogP contribution in [0.1, 0.15) is 39.0 Å². The molecule has 0 unspecified atom stereocenters. The molecular formula is C10H19LrN2-. The molecule has 1 heterocycles. The van der Waals surface area contributed by atoms with Gasteiger partial charge in [-0.2, -0.15) is 13.3 Å². The predicted molar refractivity (Wildman–Crippen MR) is 50.2 cm³/mol. The SMILES string of the molecule is C[C-]1CN(N)CC2(CCCC2)C1.[Lr]. The van der Waals surface area contributed by atoms with Gasteiger partial charge >= 0.3 is 0 Å². The minimum Gasteiger partial charge on any atom is -0.301 e. The molecule has 1 radical (unpaired) electrons. The van der Waals surface area contributed by atoms with Crippen LogP contribution in [-0.4, -0.2) is 18.1 Å². The van der Waals surface area contributed by atoms with Crippen molar-refractivity contribution in [3.05, 3.63) is 5.92 Å². The van der Waals surface area contributed by atoms with Crippen LogP contribution in [0.5, 0.6) is 0 Å². The molecule has 2 rings (SSSR count). The number of piperidine rings is 1. The Morgan fingerprint density at radius 2 is 1.92 bits per heavy atom. The van der Waals surface area contributed by atoms with Crippen molar-refractivity contribution < 1.29 is 0 Å². The summed E-state index contributed by atoms with van der Waals surface area (Å²) in [6.07, 6.45) is 6.97. The Morgan fingerprint density at radius 1 is 1.31 bits per heavy atom. The molecule has 0 atom stereocenters. The molecule has 3 heteroatoms. The molecular weight excluding hydrogens is 410 g/mol. The number of nitrogens with zero attached hydrogens (tertiary/aromatic N) is 1. The largest absolute Gasteiger partial charge is 0.301 e. The van der Waals surface area contributed by atoms with Gasteiger partial charge in [-0.15, -0.1) is 6.54 Å². The summed E-state index contributed by atoms with van der Waals surface area (Å²) in [5, 5.41) is 2.00. The zero-order chi connectivity index (χ0) is 8.60. The molecule has 1 saturated carbocycles. The van der Waals surface area contributed by atoms with E-state index in [0.717, 1.165) is 13.1 Å². The zero-order valence-corrected chi connectivity index (χ0v) is 10.4. The first-order valence-electron chi connectivity index (χ1n) is 5.01. The Hall–Kier alpha value is -1.08. The summed E-state index contributed by atoms with van der Waals surface area (Å²) in [5.74, 6) is 7.47. The van der Waals surface area contributed by atoms with Gasteiger partial charge < -0.3 is 5.92 Å². The van der Waals surface area contributed by atoms with E-state index in [0.29, 0.717) is 5.41 Å². The summed E-state index contributed by atoms with van der Waals surface area (Å²) in [6, 6.07) is 0. The van der Waals surface area contributed by atoms with Crippen LogP contribution in [0.3, 0.4) is 0 Å². The smallest absolute Gasteiger partial charge is 0.0131 e. The van der Waals surface area contributed by atoms with E-state index in [4.69, 9.17) is 5.84 Å². The van der Waals surface area contributed by atoms with Gasteiger partial charge in [0.1, 0.15) is 0 Å². The normalized spacial score (nSPS) is 29.1. The topological polar surface area (TPSA) is 29.3 Å². The van der Waals surface area contributed by atoms with Crippen LogP contribution in [0, 0.1) is 11.3 Å². The van der Waals surface area contributed by atoms with Gasteiger partial charge in [0.2, 0.25) is 0 Å². The van der Waals surface area contributed by atoms with Crippen LogP contribution < -0.4 is 5.84 Å². The third-order valence-corrected chi connectivity index (χ3v) is 3.35. The Morgan fingerprint density at radius 3 is 2.46 bits per heavy atom. The van der Waals surface area contributed by atoms with Crippen molar-refractivity contribution >= 4 is 0 Å². The van der Waals surface area contributed by atoms with E-state index in [1.165, 1.54) is 32.1 Å². The van der Waals surface area contributed by atoms with E-state index in [2.05, 4.69) is 6.92 Å². The molecule has 1 aliphatic carbocycles. The Balaban J connectivity index is 0.000000845. The summed E-state index contributed by atoms with van der Waals surface area (Å²) in [5.41, 5.74) is 0.580. The fourth-order valence-electron chi connectivity index (χ4n) is 3.05. The molecule has 13 heavy (non-hydrogen) atoms. The van der Waals surface area contributed by atoms with Gasteiger partial charge in [-0.05, 0) is 18.3 Å². The van der Waals surface area contributed by atoms with E-state index in [1.807, 2.05) is 5.01 Å². The van der Waals surface area contributed by atoms with Gasteiger partial charge in [-0.25, -0.2) is 0 Å². The van der Waals surface area contributed by atoms with E-state index < -0.39 is 0 Å². The number of nitrogens with two attached hydrogens (primary N) is 1. The van der Waals surface area contributed by atoms with Gasteiger partial charge in [0.05, 0.1) is 0 Å². The maximum absolute atomic E-state index is 5.89. The van der Waals surface area contributed by atoms with Crippen molar-refractivity contribution in [2.45, 2.75) is 39.0 Å². The van der Waals surface area contributed by atoms with Gasteiger partial charge in [-0.1, -0.05) is 12.8 Å². The maximum Gasteiger partial charge on any atom is 0.0131 e. The Labute approximate surface area is 75.1 Å². The third kappa shape index (κ3) is 1.81. The Kier molecular flexibility index (Phi) is 2.58. The molecule has 2 fully saturated rings. The second kappa shape index (κ2) is 3.35. The van der Waals surface area contributed by atoms with Crippen LogP contribution >= 0.6 is 0 Å². The van der Waals surface area contributed by atoms with Crippen molar-refractivity contribution in [2.24, 2.45) is 11.3 Å². The molecule has 1 spiro atoms. The van der Waals surface area contributed by atoms with Crippen molar-refractivity contribution in [3.63, 3.8) is 0 Å². The molecule has 1 saturated heterocycles. The van der Waals surface area contributed by atoms with Crippen LogP contribution in [-0.2, 0) is 0 Å². The minimum absolute atomic E-state index is 0. The summed E-state index contributed by atoms with van der Waals surface area (Å²) in [7, 11) is 0. The molecule has 0 aromatic carbocycles. The standard InChI is InChI=1S/C10H19N2.Lr/c1-9-6-10(4-2-3-5-10)8-12(11)7-9;/h2-8,11H2,1H3;/q-1;. The molecule has 85 valence electrons. The van der Waals surface area contributed by atoms with E-state index in [1.54, 1.807) is 5.92 Å². The zero-order valence-electron chi connectivity index (χ0n) is 8.23. The molecule has 2 aliphatic rings. The summed E-state index contributed by atoms with van der Waals surface area (Å²) < 4.78 is 0. The number of rotatable bonds is 0. The van der Waals surface area contributed by atoms with Crippen LogP contribution in [0.4, 0.5) is 0 Å². The average Bonchev–Trinajstić information content (AvgIpc) is 2.33. The van der Waals surface area contributed by atoms with Gasteiger partial charge in [-0.3, -0.25) is 10.9 Å².